The van der Waals surface area contributed by atoms with Crippen LogP contribution in [0.5, 0.6) is 5.88 Å². The summed E-state index contributed by atoms with van der Waals surface area (Å²) in [5.74, 6) is 1.49. The van der Waals surface area contributed by atoms with Crippen molar-refractivity contribution in [2.45, 2.75) is 18.9 Å². The van der Waals surface area contributed by atoms with E-state index in [1.54, 1.807) is 13.3 Å². The summed E-state index contributed by atoms with van der Waals surface area (Å²) in [5, 5.41) is 0. The Morgan fingerprint density at radius 2 is 2.14 bits per heavy atom. The lowest BCUT2D eigenvalue weighted by Crippen LogP contribution is -2.43. The summed E-state index contributed by atoms with van der Waals surface area (Å²) in [6.07, 6.45) is 8.03. The number of fused-ring (bicyclic) bond motifs is 1. The summed E-state index contributed by atoms with van der Waals surface area (Å²) in [5.41, 5.74) is 6.87. The van der Waals surface area contributed by atoms with E-state index in [0.29, 0.717) is 11.9 Å². The van der Waals surface area contributed by atoms with Gasteiger partial charge in [0.15, 0.2) is 5.82 Å². The molecule has 0 spiro atoms. The van der Waals surface area contributed by atoms with Crippen LogP contribution in [0.25, 0.3) is 6.08 Å². The van der Waals surface area contributed by atoms with Gasteiger partial charge in [-0.25, -0.2) is 4.98 Å². The SMILES string of the molecule is COc1cnc2c(n1)N(CCN1CCC(N)CC1)CC=C2. The Kier molecular flexibility index (Phi) is 4.36. The standard InChI is InChI=1S/C15H23N5O/c1-21-14-11-17-13-3-2-6-20(15(13)18-14)10-9-19-7-4-12(16)5-8-19/h2-3,11-12H,4-10,16H2,1H3. The van der Waals surface area contributed by atoms with Crippen LogP contribution in [0.4, 0.5) is 5.82 Å². The number of nitrogens with zero attached hydrogens (tertiary/aromatic N) is 4. The van der Waals surface area contributed by atoms with Crippen LogP contribution in [-0.2, 0) is 0 Å². The maximum absolute atomic E-state index is 5.95. The Bertz CT molecular complexity index is 511. The number of anilines is 1. The first-order valence-electron chi connectivity index (χ1n) is 7.56. The lowest BCUT2D eigenvalue weighted by Gasteiger charge is -2.33. The zero-order valence-electron chi connectivity index (χ0n) is 12.5. The Hall–Kier alpha value is -1.66. The van der Waals surface area contributed by atoms with E-state index in [-0.39, 0.29) is 0 Å². The summed E-state index contributed by atoms with van der Waals surface area (Å²) in [6, 6.07) is 0.384. The molecule has 0 unspecified atom stereocenters. The summed E-state index contributed by atoms with van der Waals surface area (Å²) < 4.78 is 5.19. The van der Waals surface area contributed by atoms with E-state index < -0.39 is 0 Å². The highest BCUT2D eigenvalue weighted by molar-refractivity contribution is 5.65. The van der Waals surface area contributed by atoms with Crippen LogP contribution in [0, 0.1) is 0 Å². The molecule has 21 heavy (non-hydrogen) atoms. The van der Waals surface area contributed by atoms with Crippen LogP contribution in [-0.4, -0.2) is 60.7 Å². The smallest absolute Gasteiger partial charge is 0.234 e. The lowest BCUT2D eigenvalue weighted by molar-refractivity contribution is 0.217. The average Bonchev–Trinajstić information content (AvgIpc) is 2.54. The molecule has 0 saturated carbocycles. The van der Waals surface area contributed by atoms with Gasteiger partial charge in [0.25, 0.3) is 0 Å². The largest absolute Gasteiger partial charge is 0.480 e. The predicted molar refractivity (Wildman–Crippen MR) is 83.5 cm³/mol. The second-order valence-electron chi connectivity index (χ2n) is 5.65. The second kappa shape index (κ2) is 6.41. The molecule has 0 aliphatic carbocycles. The molecule has 0 bridgehead atoms. The minimum absolute atomic E-state index is 0.384. The van der Waals surface area contributed by atoms with Crippen molar-refractivity contribution in [2.24, 2.45) is 5.73 Å². The van der Waals surface area contributed by atoms with E-state index in [9.17, 15) is 0 Å². The molecule has 6 nitrogen and oxygen atoms in total. The number of nitrogens with two attached hydrogens (primary N) is 1. The average molecular weight is 289 g/mol. The Balaban J connectivity index is 1.63. The quantitative estimate of drug-likeness (QED) is 0.882. The number of hydrogen-bond donors (Lipinski definition) is 1. The van der Waals surface area contributed by atoms with Gasteiger partial charge < -0.3 is 20.3 Å². The molecule has 1 aromatic heterocycles. The number of methoxy groups -OCH3 is 1. The van der Waals surface area contributed by atoms with E-state index >= 15 is 0 Å². The highest BCUT2D eigenvalue weighted by atomic mass is 16.5. The molecule has 3 rings (SSSR count). The van der Waals surface area contributed by atoms with Gasteiger partial charge in [-0.2, -0.15) is 4.98 Å². The third kappa shape index (κ3) is 3.33. The van der Waals surface area contributed by atoms with Gasteiger partial charge in [0.1, 0.15) is 5.69 Å². The van der Waals surface area contributed by atoms with Crippen molar-refractivity contribution in [3.8, 4) is 5.88 Å². The fourth-order valence-electron chi connectivity index (χ4n) is 2.84. The van der Waals surface area contributed by atoms with Crippen LogP contribution in [0.1, 0.15) is 18.5 Å². The molecular formula is C15H23N5O. The minimum Gasteiger partial charge on any atom is -0.480 e. The molecule has 0 atom stereocenters. The van der Waals surface area contributed by atoms with E-state index in [1.807, 2.05) is 6.08 Å². The number of piperidine rings is 1. The molecule has 0 aromatic carbocycles. The second-order valence-corrected chi connectivity index (χ2v) is 5.65. The highest BCUT2D eigenvalue weighted by Gasteiger charge is 2.20. The van der Waals surface area contributed by atoms with Gasteiger partial charge in [-0.05, 0) is 32.0 Å². The van der Waals surface area contributed by atoms with Gasteiger partial charge in [-0.3, -0.25) is 0 Å². The van der Waals surface area contributed by atoms with Crippen molar-refractivity contribution >= 4 is 11.9 Å². The van der Waals surface area contributed by atoms with Crippen LogP contribution in [0.2, 0.25) is 0 Å². The van der Waals surface area contributed by atoms with Crippen molar-refractivity contribution in [3.63, 3.8) is 0 Å². The van der Waals surface area contributed by atoms with E-state index in [2.05, 4.69) is 25.8 Å². The molecule has 2 aliphatic rings. The third-order valence-electron chi connectivity index (χ3n) is 4.19. The van der Waals surface area contributed by atoms with Gasteiger partial charge in [-0.15, -0.1) is 0 Å². The minimum atomic E-state index is 0.384. The third-order valence-corrected chi connectivity index (χ3v) is 4.19. The summed E-state index contributed by atoms with van der Waals surface area (Å²) in [4.78, 5) is 13.7. The molecule has 2 N–H and O–H groups in total. The number of rotatable bonds is 4. The van der Waals surface area contributed by atoms with E-state index in [1.165, 1.54) is 0 Å². The van der Waals surface area contributed by atoms with Crippen molar-refractivity contribution in [1.29, 1.82) is 0 Å². The Labute approximate surface area is 125 Å². The fraction of sp³-hybridized carbons (Fsp3) is 0.600. The van der Waals surface area contributed by atoms with Crippen molar-refractivity contribution in [3.05, 3.63) is 18.0 Å². The van der Waals surface area contributed by atoms with Gasteiger partial charge in [-0.1, -0.05) is 6.08 Å². The van der Waals surface area contributed by atoms with Crippen LogP contribution < -0.4 is 15.4 Å². The normalized spacial score (nSPS) is 19.6. The van der Waals surface area contributed by atoms with Gasteiger partial charge in [0.2, 0.25) is 5.88 Å². The number of ether oxygens (including phenoxy) is 1. The molecular weight excluding hydrogens is 266 g/mol. The molecule has 3 heterocycles. The molecule has 0 amide bonds. The van der Waals surface area contributed by atoms with Gasteiger partial charge >= 0.3 is 0 Å². The zero-order chi connectivity index (χ0) is 14.7. The Morgan fingerprint density at radius 3 is 2.90 bits per heavy atom. The van der Waals surface area contributed by atoms with Crippen LogP contribution in [0.3, 0.4) is 0 Å². The molecule has 114 valence electrons. The fourth-order valence-corrected chi connectivity index (χ4v) is 2.84. The van der Waals surface area contributed by atoms with Gasteiger partial charge in [0, 0.05) is 25.7 Å². The summed E-state index contributed by atoms with van der Waals surface area (Å²) in [7, 11) is 1.62. The van der Waals surface area contributed by atoms with Crippen molar-refractivity contribution in [2.75, 3.05) is 44.7 Å². The van der Waals surface area contributed by atoms with E-state index in [0.717, 1.165) is 57.1 Å². The molecule has 1 aromatic rings. The number of likely N-dealkylation sites (tertiary alicyclic amines) is 1. The molecule has 0 radical (unpaired) electrons. The molecule has 1 saturated heterocycles. The number of hydrogen-bond acceptors (Lipinski definition) is 6. The lowest BCUT2D eigenvalue weighted by atomic mass is 10.1. The van der Waals surface area contributed by atoms with Crippen molar-refractivity contribution < 1.29 is 4.74 Å². The predicted octanol–water partition coefficient (Wildman–Crippen LogP) is 0.742. The molecule has 2 aliphatic heterocycles. The highest BCUT2D eigenvalue weighted by Crippen LogP contribution is 2.24. The van der Waals surface area contributed by atoms with Gasteiger partial charge in [0.05, 0.1) is 13.3 Å². The first-order valence-corrected chi connectivity index (χ1v) is 7.56. The summed E-state index contributed by atoms with van der Waals surface area (Å²) >= 11 is 0. The van der Waals surface area contributed by atoms with Crippen molar-refractivity contribution in [1.82, 2.24) is 14.9 Å². The molecule has 6 heteroatoms. The zero-order valence-corrected chi connectivity index (χ0v) is 12.5. The maximum Gasteiger partial charge on any atom is 0.234 e. The van der Waals surface area contributed by atoms with E-state index in [4.69, 9.17) is 10.5 Å². The van der Waals surface area contributed by atoms with Crippen LogP contribution in [0.15, 0.2) is 12.3 Å². The first-order chi connectivity index (χ1) is 10.3. The number of aromatic nitrogens is 2. The topological polar surface area (TPSA) is 67.5 Å². The Morgan fingerprint density at radius 1 is 1.33 bits per heavy atom. The molecule has 1 fully saturated rings. The monoisotopic (exact) mass is 289 g/mol. The summed E-state index contributed by atoms with van der Waals surface area (Å²) in [6.45, 7) is 5.07. The first kappa shape index (κ1) is 14.3. The maximum atomic E-state index is 5.95. The van der Waals surface area contributed by atoms with Crippen LogP contribution >= 0.6 is 0 Å².